The maximum atomic E-state index is 12.4. The highest BCUT2D eigenvalue weighted by Crippen LogP contribution is 2.22. The molecule has 0 spiro atoms. The van der Waals surface area contributed by atoms with E-state index in [1.165, 1.54) is 16.9 Å². The highest BCUT2D eigenvalue weighted by molar-refractivity contribution is 7.14. The van der Waals surface area contributed by atoms with E-state index >= 15 is 0 Å². The van der Waals surface area contributed by atoms with Crippen molar-refractivity contribution in [3.63, 3.8) is 0 Å². The molecular weight excluding hydrogens is 294 g/mol. The van der Waals surface area contributed by atoms with E-state index in [0.717, 1.165) is 36.8 Å². The molecule has 0 aliphatic heterocycles. The number of hydrogen-bond acceptors (Lipinski definition) is 4. The Hall–Kier alpha value is -1.88. The van der Waals surface area contributed by atoms with E-state index in [0.29, 0.717) is 5.69 Å². The molecule has 2 rings (SSSR count). The molecule has 0 bridgehead atoms. The molecule has 1 amide bonds. The first-order valence-corrected chi connectivity index (χ1v) is 8.60. The molecule has 0 radical (unpaired) electrons. The number of aryl methyl sites for hydroxylation is 1. The van der Waals surface area contributed by atoms with Crippen molar-refractivity contribution in [3.05, 3.63) is 40.9 Å². The summed E-state index contributed by atoms with van der Waals surface area (Å²) in [7, 11) is 0. The second-order valence-corrected chi connectivity index (χ2v) is 6.13. The van der Waals surface area contributed by atoms with Crippen molar-refractivity contribution in [2.75, 3.05) is 18.4 Å². The third-order valence-electron chi connectivity index (χ3n) is 3.48. The molecule has 118 valence electrons. The van der Waals surface area contributed by atoms with Crippen LogP contribution in [0.15, 0.2) is 29.6 Å². The van der Waals surface area contributed by atoms with Gasteiger partial charge in [-0.3, -0.25) is 4.79 Å². The van der Waals surface area contributed by atoms with Gasteiger partial charge in [0.15, 0.2) is 5.13 Å². The van der Waals surface area contributed by atoms with Crippen molar-refractivity contribution in [1.82, 2.24) is 9.88 Å². The highest BCUT2D eigenvalue weighted by atomic mass is 32.1. The quantitative estimate of drug-likeness (QED) is 0.820. The molecule has 0 aliphatic carbocycles. The summed E-state index contributed by atoms with van der Waals surface area (Å²) in [6.45, 7) is 7.71. The molecule has 0 aliphatic rings. The van der Waals surface area contributed by atoms with Crippen LogP contribution in [0.2, 0.25) is 0 Å². The third kappa shape index (κ3) is 4.31. The molecule has 5 heteroatoms. The summed E-state index contributed by atoms with van der Waals surface area (Å²) in [5.41, 5.74) is 2.73. The number of anilines is 2. The Labute approximate surface area is 136 Å². The average Bonchev–Trinajstić information content (AvgIpc) is 2.98. The lowest BCUT2D eigenvalue weighted by molar-refractivity contribution is 0.0757. The topological polar surface area (TPSA) is 45.2 Å². The van der Waals surface area contributed by atoms with Gasteiger partial charge in [-0.15, -0.1) is 11.3 Å². The Bertz CT molecular complexity index is 607. The van der Waals surface area contributed by atoms with Crippen LogP contribution in [-0.2, 0) is 0 Å². The minimum absolute atomic E-state index is 0.0177. The minimum Gasteiger partial charge on any atom is -0.338 e. The molecule has 1 heterocycles. The Morgan fingerprint density at radius 1 is 1.27 bits per heavy atom. The summed E-state index contributed by atoms with van der Waals surface area (Å²) in [5.74, 6) is 0.0177. The number of aromatic nitrogens is 1. The summed E-state index contributed by atoms with van der Waals surface area (Å²) in [4.78, 5) is 18.7. The lowest BCUT2D eigenvalue weighted by atomic mass is 10.2. The first-order chi connectivity index (χ1) is 10.6. The standard InChI is InChI=1S/C17H23N3OS/c1-4-6-11-20(5-2)16(21)15-12-22-17(19-15)18-14-9-7-13(3)8-10-14/h7-10,12H,4-6,11H2,1-3H3,(H,18,19). The van der Waals surface area contributed by atoms with E-state index in [-0.39, 0.29) is 5.91 Å². The molecule has 1 aromatic heterocycles. The first kappa shape index (κ1) is 16.5. The van der Waals surface area contributed by atoms with Crippen LogP contribution in [-0.4, -0.2) is 28.9 Å². The van der Waals surface area contributed by atoms with Crippen molar-refractivity contribution < 1.29 is 4.79 Å². The summed E-state index contributed by atoms with van der Waals surface area (Å²) in [6.07, 6.45) is 2.11. The molecule has 0 saturated heterocycles. The molecule has 0 atom stereocenters. The van der Waals surface area contributed by atoms with Crippen molar-refractivity contribution in [2.24, 2.45) is 0 Å². The number of hydrogen-bond donors (Lipinski definition) is 1. The Morgan fingerprint density at radius 3 is 2.64 bits per heavy atom. The summed E-state index contributed by atoms with van der Waals surface area (Å²) >= 11 is 1.46. The maximum absolute atomic E-state index is 12.4. The van der Waals surface area contributed by atoms with Crippen LogP contribution < -0.4 is 5.32 Å². The number of carbonyl (C=O) groups is 1. The van der Waals surface area contributed by atoms with Crippen LogP contribution in [0, 0.1) is 6.92 Å². The zero-order chi connectivity index (χ0) is 15.9. The fraction of sp³-hybridized carbons (Fsp3) is 0.412. The smallest absolute Gasteiger partial charge is 0.273 e. The summed E-state index contributed by atoms with van der Waals surface area (Å²) in [5, 5.41) is 5.82. The van der Waals surface area contributed by atoms with Crippen molar-refractivity contribution in [2.45, 2.75) is 33.6 Å². The Kier molecular flexibility index (Phi) is 5.95. The normalized spacial score (nSPS) is 10.5. The number of amides is 1. The van der Waals surface area contributed by atoms with Crippen LogP contribution in [0.3, 0.4) is 0 Å². The molecule has 1 N–H and O–H groups in total. The van der Waals surface area contributed by atoms with E-state index in [9.17, 15) is 4.79 Å². The van der Waals surface area contributed by atoms with Crippen LogP contribution in [0.5, 0.6) is 0 Å². The summed E-state index contributed by atoms with van der Waals surface area (Å²) in [6, 6.07) is 8.12. The monoisotopic (exact) mass is 317 g/mol. The fourth-order valence-electron chi connectivity index (χ4n) is 2.10. The second-order valence-electron chi connectivity index (χ2n) is 5.27. The molecule has 4 nitrogen and oxygen atoms in total. The second kappa shape index (κ2) is 7.94. The van der Waals surface area contributed by atoms with Gasteiger partial charge in [0, 0.05) is 24.2 Å². The van der Waals surface area contributed by atoms with E-state index in [4.69, 9.17) is 0 Å². The molecule has 0 unspecified atom stereocenters. The van der Waals surface area contributed by atoms with E-state index in [1.807, 2.05) is 41.5 Å². The van der Waals surface area contributed by atoms with Gasteiger partial charge in [0.2, 0.25) is 0 Å². The van der Waals surface area contributed by atoms with E-state index in [1.54, 1.807) is 0 Å². The fourth-order valence-corrected chi connectivity index (χ4v) is 2.81. The third-order valence-corrected chi connectivity index (χ3v) is 4.23. The highest BCUT2D eigenvalue weighted by Gasteiger charge is 2.17. The van der Waals surface area contributed by atoms with E-state index in [2.05, 4.69) is 24.1 Å². The number of benzene rings is 1. The van der Waals surface area contributed by atoms with Crippen LogP contribution >= 0.6 is 11.3 Å². The minimum atomic E-state index is 0.0177. The molecule has 22 heavy (non-hydrogen) atoms. The van der Waals surface area contributed by atoms with Crippen molar-refractivity contribution >= 4 is 28.1 Å². The Morgan fingerprint density at radius 2 is 2.00 bits per heavy atom. The van der Waals surface area contributed by atoms with E-state index < -0.39 is 0 Å². The maximum Gasteiger partial charge on any atom is 0.273 e. The van der Waals surface area contributed by atoms with Gasteiger partial charge >= 0.3 is 0 Å². The predicted molar refractivity (Wildman–Crippen MR) is 93.1 cm³/mol. The van der Waals surface area contributed by atoms with Gasteiger partial charge in [-0.2, -0.15) is 0 Å². The van der Waals surface area contributed by atoms with Gasteiger partial charge in [-0.05, 0) is 32.4 Å². The first-order valence-electron chi connectivity index (χ1n) is 7.72. The molecule has 0 saturated carbocycles. The zero-order valence-electron chi connectivity index (χ0n) is 13.4. The van der Waals surface area contributed by atoms with Gasteiger partial charge in [0.25, 0.3) is 5.91 Å². The Balaban J connectivity index is 2.03. The van der Waals surface area contributed by atoms with Gasteiger partial charge < -0.3 is 10.2 Å². The number of carbonyl (C=O) groups excluding carboxylic acids is 1. The zero-order valence-corrected chi connectivity index (χ0v) is 14.2. The number of thiazole rings is 1. The number of nitrogens with one attached hydrogen (secondary N) is 1. The van der Waals surface area contributed by atoms with Gasteiger partial charge in [0.05, 0.1) is 0 Å². The predicted octanol–water partition coefficient (Wildman–Crippen LogP) is 4.46. The lowest BCUT2D eigenvalue weighted by Crippen LogP contribution is -2.31. The van der Waals surface area contributed by atoms with Gasteiger partial charge in [-0.25, -0.2) is 4.98 Å². The van der Waals surface area contributed by atoms with Crippen LogP contribution in [0.25, 0.3) is 0 Å². The average molecular weight is 317 g/mol. The molecular formula is C17H23N3OS. The van der Waals surface area contributed by atoms with Gasteiger partial charge in [0.1, 0.15) is 5.69 Å². The van der Waals surface area contributed by atoms with Gasteiger partial charge in [-0.1, -0.05) is 31.0 Å². The number of unbranched alkanes of at least 4 members (excludes halogenated alkanes) is 1. The number of rotatable bonds is 7. The SMILES string of the molecule is CCCCN(CC)C(=O)c1csc(Nc2ccc(C)cc2)n1. The van der Waals surface area contributed by atoms with Crippen LogP contribution in [0.4, 0.5) is 10.8 Å². The number of nitrogens with zero attached hydrogens (tertiary/aromatic N) is 2. The van der Waals surface area contributed by atoms with Crippen LogP contribution in [0.1, 0.15) is 42.7 Å². The largest absolute Gasteiger partial charge is 0.338 e. The van der Waals surface area contributed by atoms with Crippen molar-refractivity contribution in [3.8, 4) is 0 Å². The lowest BCUT2D eigenvalue weighted by Gasteiger charge is -2.19. The van der Waals surface area contributed by atoms with Crippen molar-refractivity contribution in [1.29, 1.82) is 0 Å². The molecule has 0 fully saturated rings. The molecule has 1 aromatic carbocycles. The summed E-state index contributed by atoms with van der Waals surface area (Å²) < 4.78 is 0. The molecule has 2 aromatic rings.